The minimum absolute atomic E-state index is 0.270. The summed E-state index contributed by atoms with van der Waals surface area (Å²) in [4.78, 5) is 0. The van der Waals surface area contributed by atoms with Gasteiger partial charge in [0.15, 0.2) is 0 Å². The van der Waals surface area contributed by atoms with Crippen LogP contribution in [0.1, 0.15) is 58.8 Å². The maximum Gasteiger partial charge on any atom is 0.216 e. The smallest absolute Gasteiger partial charge is 0.216 e. The van der Waals surface area contributed by atoms with Crippen molar-refractivity contribution in [2.75, 3.05) is 6.61 Å². The van der Waals surface area contributed by atoms with Gasteiger partial charge in [-0.3, -0.25) is 0 Å². The van der Waals surface area contributed by atoms with E-state index >= 15 is 0 Å². The molecule has 1 atom stereocenters. The second-order valence-electron chi connectivity index (χ2n) is 4.04. The Morgan fingerprint density at radius 3 is 2.00 bits per heavy atom. The number of halogens is 3. The van der Waals surface area contributed by atoms with Crippen molar-refractivity contribution in [3.8, 4) is 0 Å². The third-order valence-electron chi connectivity index (χ3n) is 2.55. The Balaban J connectivity index is 3.61. The second kappa shape index (κ2) is 9.82. The first-order valence-electron chi connectivity index (χ1n) is 6.20. The van der Waals surface area contributed by atoms with Gasteiger partial charge >= 0.3 is 0 Å². The predicted octanol–water partition coefficient (Wildman–Crippen LogP) is 5.51. The molecule has 0 amide bonds. The van der Waals surface area contributed by atoms with Crippen LogP contribution in [0.25, 0.3) is 0 Å². The summed E-state index contributed by atoms with van der Waals surface area (Å²) in [5, 5.41) is 0. The van der Waals surface area contributed by atoms with Gasteiger partial charge in [-0.25, -0.2) is 0 Å². The van der Waals surface area contributed by atoms with Crippen LogP contribution < -0.4 is 0 Å². The highest BCUT2D eigenvalue weighted by molar-refractivity contribution is 6.68. The van der Waals surface area contributed by atoms with Crippen LogP contribution in [0.15, 0.2) is 0 Å². The van der Waals surface area contributed by atoms with Gasteiger partial charge in [0.05, 0.1) is 0 Å². The van der Waals surface area contributed by atoms with Crippen LogP contribution in [0.4, 0.5) is 0 Å². The lowest BCUT2D eigenvalue weighted by atomic mass is 10.1. The zero-order chi connectivity index (χ0) is 12.4. The maximum atomic E-state index is 5.85. The van der Waals surface area contributed by atoms with Crippen molar-refractivity contribution in [2.24, 2.45) is 0 Å². The highest BCUT2D eigenvalue weighted by atomic mass is 35.6. The minimum atomic E-state index is -1.29. The zero-order valence-electron chi connectivity index (χ0n) is 10.3. The lowest BCUT2D eigenvalue weighted by Gasteiger charge is -2.24. The Morgan fingerprint density at radius 1 is 0.938 bits per heavy atom. The summed E-state index contributed by atoms with van der Waals surface area (Å²) in [5.74, 6) is 0. The summed E-state index contributed by atoms with van der Waals surface area (Å²) < 4.78 is 4.15. The van der Waals surface area contributed by atoms with Crippen molar-refractivity contribution in [3.63, 3.8) is 0 Å². The van der Waals surface area contributed by atoms with Crippen LogP contribution in [0, 0.1) is 0 Å². The predicted molar refractivity (Wildman–Crippen MR) is 73.7 cm³/mol. The summed E-state index contributed by atoms with van der Waals surface area (Å²) in [7, 11) is 0. The number of unbranched alkanes of at least 4 members (excludes halogenated alkanes) is 5. The van der Waals surface area contributed by atoms with E-state index in [1.54, 1.807) is 0 Å². The largest absolute Gasteiger partial charge is 0.374 e. The first-order valence-corrected chi connectivity index (χ1v) is 7.34. The summed E-state index contributed by atoms with van der Waals surface area (Å²) in [6, 6.07) is 0. The van der Waals surface area contributed by atoms with Crippen LogP contribution in [0.3, 0.4) is 0 Å². The summed E-state index contributed by atoms with van der Waals surface area (Å²) in [5.41, 5.74) is 0. The van der Waals surface area contributed by atoms with E-state index in [2.05, 4.69) is 6.92 Å². The maximum absolute atomic E-state index is 5.85. The third kappa shape index (κ3) is 8.92. The second-order valence-corrected chi connectivity index (χ2v) is 6.41. The van der Waals surface area contributed by atoms with Gasteiger partial charge in [0, 0.05) is 6.61 Å². The quantitative estimate of drug-likeness (QED) is 0.401. The van der Waals surface area contributed by atoms with E-state index in [0.29, 0.717) is 6.61 Å². The van der Waals surface area contributed by atoms with Crippen molar-refractivity contribution < 1.29 is 4.74 Å². The molecule has 0 bridgehead atoms. The molecule has 0 aromatic heterocycles. The van der Waals surface area contributed by atoms with Crippen molar-refractivity contribution in [1.29, 1.82) is 0 Å². The standard InChI is InChI=1S/C12H23Cl3O/c1-3-5-6-7-8-9-10-11(16-4-2)12(13,14)15/h11H,3-10H2,1-2H3. The molecule has 0 aliphatic heterocycles. The molecule has 0 rings (SSSR count). The number of hydrogen-bond donors (Lipinski definition) is 0. The Labute approximate surface area is 115 Å². The van der Waals surface area contributed by atoms with E-state index in [1.807, 2.05) is 6.92 Å². The van der Waals surface area contributed by atoms with Gasteiger partial charge in [-0.15, -0.1) is 0 Å². The molecule has 0 aromatic rings. The summed E-state index contributed by atoms with van der Waals surface area (Å²) in [6.07, 6.45) is 8.00. The fourth-order valence-corrected chi connectivity index (χ4v) is 2.17. The van der Waals surface area contributed by atoms with Gasteiger partial charge in [0.1, 0.15) is 6.10 Å². The van der Waals surface area contributed by atoms with Crippen LogP contribution in [-0.4, -0.2) is 16.5 Å². The van der Waals surface area contributed by atoms with Gasteiger partial charge < -0.3 is 4.74 Å². The van der Waals surface area contributed by atoms with E-state index < -0.39 is 3.79 Å². The molecule has 0 N–H and O–H groups in total. The Hall–Kier alpha value is 0.830. The average Bonchev–Trinajstić information content (AvgIpc) is 2.20. The van der Waals surface area contributed by atoms with Crippen molar-refractivity contribution >= 4 is 34.8 Å². The van der Waals surface area contributed by atoms with Gasteiger partial charge in [-0.2, -0.15) is 0 Å². The van der Waals surface area contributed by atoms with Gasteiger partial charge in [-0.1, -0.05) is 80.3 Å². The average molecular weight is 290 g/mol. The summed E-state index contributed by atoms with van der Waals surface area (Å²) in [6.45, 7) is 4.73. The fraction of sp³-hybridized carbons (Fsp3) is 1.00. The van der Waals surface area contributed by atoms with Crippen molar-refractivity contribution in [2.45, 2.75) is 68.7 Å². The van der Waals surface area contributed by atoms with E-state index in [4.69, 9.17) is 39.5 Å². The minimum Gasteiger partial charge on any atom is -0.374 e. The molecule has 1 nitrogen and oxygen atoms in total. The van der Waals surface area contributed by atoms with Gasteiger partial charge in [-0.05, 0) is 13.3 Å². The van der Waals surface area contributed by atoms with Crippen LogP contribution in [0.2, 0.25) is 0 Å². The first kappa shape index (κ1) is 16.8. The van der Waals surface area contributed by atoms with Crippen molar-refractivity contribution in [1.82, 2.24) is 0 Å². The molecule has 1 unspecified atom stereocenters. The van der Waals surface area contributed by atoms with Crippen LogP contribution >= 0.6 is 34.8 Å². The van der Waals surface area contributed by atoms with Gasteiger partial charge in [0.25, 0.3) is 0 Å². The molecule has 98 valence electrons. The molecule has 0 fully saturated rings. The molecule has 4 heteroatoms. The number of ether oxygens (including phenoxy) is 1. The Kier molecular flexibility index (Phi) is 10.3. The molecule has 0 radical (unpaired) electrons. The van der Waals surface area contributed by atoms with Crippen LogP contribution in [-0.2, 0) is 4.74 Å². The van der Waals surface area contributed by atoms with E-state index in [-0.39, 0.29) is 6.10 Å². The lowest BCUT2D eigenvalue weighted by molar-refractivity contribution is 0.0576. The lowest BCUT2D eigenvalue weighted by Crippen LogP contribution is -2.28. The number of alkyl halides is 3. The monoisotopic (exact) mass is 288 g/mol. The topological polar surface area (TPSA) is 9.23 Å². The molecular formula is C12H23Cl3O. The highest BCUT2D eigenvalue weighted by Crippen LogP contribution is 2.34. The van der Waals surface area contributed by atoms with Crippen LogP contribution in [0.5, 0.6) is 0 Å². The molecule has 16 heavy (non-hydrogen) atoms. The Bertz CT molecular complexity index is 157. The summed E-state index contributed by atoms with van der Waals surface area (Å²) >= 11 is 17.5. The molecule has 0 spiro atoms. The molecule has 0 aliphatic rings. The molecule has 0 saturated heterocycles. The molecule has 0 aromatic carbocycles. The third-order valence-corrected chi connectivity index (χ3v) is 3.28. The number of hydrogen-bond acceptors (Lipinski definition) is 1. The Morgan fingerprint density at radius 2 is 1.50 bits per heavy atom. The molecule has 0 heterocycles. The normalized spacial score (nSPS) is 14.1. The van der Waals surface area contributed by atoms with Crippen molar-refractivity contribution in [3.05, 3.63) is 0 Å². The zero-order valence-corrected chi connectivity index (χ0v) is 12.5. The van der Waals surface area contributed by atoms with E-state index in [9.17, 15) is 0 Å². The van der Waals surface area contributed by atoms with E-state index in [1.165, 1.54) is 32.1 Å². The fourth-order valence-electron chi connectivity index (χ4n) is 1.65. The molecule has 0 saturated carbocycles. The number of rotatable bonds is 9. The van der Waals surface area contributed by atoms with E-state index in [0.717, 1.165) is 12.8 Å². The molecular weight excluding hydrogens is 266 g/mol. The molecule has 0 aliphatic carbocycles. The first-order chi connectivity index (χ1) is 7.52. The SMILES string of the molecule is CCCCCCCCC(OCC)C(Cl)(Cl)Cl. The van der Waals surface area contributed by atoms with Gasteiger partial charge in [0.2, 0.25) is 3.79 Å². The highest BCUT2D eigenvalue weighted by Gasteiger charge is 2.32.